The van der Waals surface area contributed by atoms with Crippen molar-refractivity contribution in [2.24, 2.45) is 4.99 Å². The van der Waals surface area contributed by atoms with Gasteiger partial charge >= 0.3 is 5.97 Å². The number of benzene rings is 4. The summed E-state index contributed by atoms with van der Waals surface area (Å²) < 4.78 is 15.9. The second kappa shape index (κ2) is 15.2. The molecular weight excluding hydrogens is 860 g/mol. The van der Waals surface area contributed by atoms with Crippen LogP contribution in [0.15, 0.2) is 106 Å². The SMILES string of the molecule is CCOC(=O)C1=C(c2ccccc2)N=c2s/c(=C\c3cc(I)cc(I)c3OCc3ccccc3C#N)c(=O)n2[C@@H]1c1ccc(C(C)C)cc1. The largest absolute Gasteiger partial charge is 0.487 e. The normalized spacial score (nSPS) is 14.3. The smallest absolute Gasteiger partial charge is 0.338 e. The lowest BCUT2D eigenvalue weighted by atomic mass is 9.91. The van der Waals surface area contributed by atoms with Crippen molar-refractivity contribution in [1.29, 1.82) is 5.26 Å². The van der Waals surface area contributed by atoms with Crippen molar-refractivity contribution in [2.45, 2.75) is 39.3 Å². The van der Waals surface area contributed by atoms with Gasteiger partial charge in [-0.2, -0.15) is 5.26 Å². The van der Waals surface area contributed by atoms with E-state index in [0.717, 1.165) is 35.0 Å². The van der Waals surface area contributed by atoms with Gasteiger partial charge in [0.1, 0.15) is 12.4 Å². The Morgan fingerprint density at radius 3 is 2.45 bits per heavy atom. The molecule has 0 saturated heterocycles. The topological polar surface area (TPSA) is 93.7 Å². The Labute approximate surface area is 315 Å². The number of rotatable bonds is 9. The van der Waals surface area contributed by atoms with E-state index in [0.29, 0.717) is 37.8 Å². The Bertz CT molecular complexity index is 2300. The summed E-state index contributed by atoms with van der Waals surface area (Å²) in [6.45, 7) is 6.39. The third-order valence-electron chi connectivity index (χ3n) is 8.13. The third-order valence-corrected chi connectivity index (χ3v) is 10.5. The van der Waals surface area contributed by atoms with E-state index in [9.17, 15) is 14.9 Å². The van der Waals surface area contributed by atoms with Crippen LogP contribution in [-0.2, 0) is 16.1 Å². The summed E-state index contributed by atoms with van der Waals surface area (Å²) >= 11 is 5.75. The van der Waals surface area contributed by atoms with E-state index >= 15 is 0 Å². The monoisotopic (exact) mass is 891 g/mol. The molecule has 1 atom stereocenters. The number of nitrogens with zero attached hydrogens (tertiary/aromatic N) is 3. The fraction of sp³-hybridized carbons (Fsp3) is 0.179. The number of hydrogen-bond acceptors (Lipinski definition) is 7. The Balaban J connectivity index is 1.56. The molecule has 49 heavy (non-hydrogen) atoms. The maximum absolute atomic E-state index is 14.5. The molecule has 0 fully saturated rings. The fourth-order valence-corrected chi connectivity index (χ4v) is 8.74. The second-order valence-electron chi connectivity index (χ2n) is 11.6. The molecule has 0 amide bonds. The summed E-state index contributed by atoms with van der Waals surface area (Å²) in [5.74, 6) is 0.410. The van der Waals surface area contributed by atoms with Gasteiger partial charge in [0.25, 0.3) is 5.56 Å². The molecule has 5 aromatic rings. The van der Waals surface area contributed by atoms with Gasteiger partial charge in [0.2, 0.25) is 0 Å². The molecule has 6 rings (SSSR count). The molecule has 0 saturated carbocycles. The molecule has 10 heteroatoms. The number of aromatic nitrogens is 1. The summed E-state index contributed by atoms with van der Waals surface area (Å²) in [4.78, 5) is 33.8. The first-order valence-electron chi connectivity index (χ1n) is 15.7. The van der Waals surface area contributed by atoms with Crippen LogP contribution in [0.4, 0.5) is 0 Å². The van der Waals surface area contributed by atoms with Crippen molar-refractivity contribution >= 4 is 74.3 Å². The number of halogens is 2. The van der Waals surface area contributed by atoms with Crippen LogP contribution in [0.2, 0.25) is 0 Å². The Kier molecular flexibility index (Phi) is 10.8. The average Bonchev–Trinajstić information content (AvgIpc) is 3.41. The van der Waals surface area contributed by atoms with Crippen LogP contribution in [0.3, 0.4) is 0 Å². The highest BCUT2D eigenvalue weighted by Gasteiger charge is 2.35. The Morgan fingerprint density at radius 2 is 1.76 bits per heavy atom. The van der Waals surface area contributed by atoms with Crippen LogP contribution in [0.1, 0.15) is 66.1 Å². The van der Waals surface area contributed by atoms with Crippen molar-refractivity contribution in [3.63, 3.8) is 0 Å². The lowest BCUT2D eigenvalue weighted by Gasteiger charge is -2.26. The number of hydrogen-bond donors (Lipinski definition) is 0. The van der Waals surface area contributed by atoms with E-state index < -0.39 is 12.0 Å². The van der Waals surface area contributed by atoms with Crippen LogP contribution >= 0.6 is 56.5 Å². The zero-order valence-electron chi connectivity index (χ0n) is 26.9. The van der Waals surface area contributed by atoms with Gasteiger partial charge in [0.15, 0.2) is 4.80 Å². The van der Waals surface area contributed by atoms with Gasteiger partial charge in [0.05, 0.1) is 43.7 Å². The third kappa shape index (κ3) is 7.29. The maximum Gasteiger partial charge on any atom is 0.338 e. The van der Waals surface area contributed by atoms with Crippen LogP contribution in [-0.4, -0.2) is 17.1 Å². The first-order chi connectivity index (χ1) is 23.7. The molecule has 0 bridgehead atoms. The molecule has 4 aromatic carbocycles. The average molecular weight is 892 g/mol. The van der Waals surface area contributed by atoms with Crippen LogP contribution in [0.25, 0.3) is 11.8 Å². The van der Waals surface area contributed by atoms with E-state index in [1.807, 2.05) is 91.0 Å². The van der Waals surface area contributed by atoms with Crippen LogP contribution < -0.4 is 19.6 Å². The van der Waals surface area contributed by atoms with Gasteiger partial charge in [-0.25, -0.2) is 9.79 Å². The van der Waals surface area contributed by atoms with Crippen LogP contribution in [0.5, 0.6) is 5.75 Å². The van der Waals surface area contributed by atoms with Crippen molar-refractivity contribution in [2.75, 3.05) is 6.61 Å². The zero-order chi connectivity index (χ0) is 34.7. The number of carbonyl (C=O) groups is 1. The van der Waals surface area contributed by atoms with Crippen molar-refractivity contribution in [3.8, 4) is 11.8 Å². The highest BCUT2D eigenvalue weighted by molar-refractivity contribution is 14.1. The van der Waals surface area contributed by atoms with E-state index in [1.54, 1.807) is 17.6 Å². The standard InChI is InChI=1S/C39H31I2N3O4S/c1-4-47-38(46)33-34(25-10-6-5-7-11-25)43-39-44(35(33)26-16-14-24(15-17-26)23(2)3)37(45)32(49-39)19-29-18-30(40)20-31(41)36(29)48-22-28-13-9-8-12-27(28)21-42/h5-20,23,35H,4,22H2,1-3H3/b32-19-/t35-/m1/s1. The van der Waals surface area contributed by atoms with E-state index in [-0.39, 0.29) is 18.8 Å². The van der Waals surface area contributed by atoms with Gasteiger partial charge < -0.3 is 9.47 Å². The molecule has 1 aliphatic rings. The molecule has 1 aliphatic heterocycles. The molecule has 0 spiro atoms. The fourth-order valence-electron chi connectivity index (χ4n) is 5.71. The van der Waals surface area contributed by atoms with Gasteiger partial charge in [-0.15, -0.1) is 0 Å². The summed E-state index contributed by atoms with van der Waals surface area (Å²) in [7, 11) is 0. The molecule has 246 valence electrons. The number of fused-ring (bicyclic) bond motifs is 1. The number of carbonyl (C=O) groups excluding carboxylic acids is 1. The van der Waals surface area contributed by atoms with E-state index in [2.05, 4.69) is 65.1 Å². The number of thiazole rings is 1. The predicted molar refractivity (Wildman–Crippen MR) is 209 cm³/mol. The lowest BCUT2D eigenvalue weighted by Crippen LogP contribution is -2.40. The molecule has 0 unspecified atom stereocenters. The van der Waals surface area contributed by atoms with Crippen molar-refractivity contribution in [3.05, 3.63) is 157 Å². The summed E-state index contributed by atoms with van der Waals surface area (Å²) in [5, 5.41) is 9.59. The van der Waals surface area contributed by atoms with Gasteiger partial charge in [-0.1, -0.05) is 98.0 Å². The number of esters is 1. The van der Waals surface area contributed by atoms with E-state index in [4.69, 9.17) is 14.5 Å². The van der Waals surface area contributed by atoms with Crippen molar-refractivity contribution in [1.82, 2.24) is 4.57 Å². The predicted octanol–water partition coefficient (Wildman–Crippen LogP) is 7.72. The van der Waals surface area contributed by atoms with Crippen molar-refractivity contribution < 1.29 is 14.3 Å². The maximum atomic E-state index is 14.5. The summed E-state index contributed by atoms with van der Waals surface area (Å²) in [6, 6.07) is 30.4. The summed E-state index contributed by atoms with van der Waals surface area (Å²) in [6.07, 6.45) is 1.83. The quantitative estimate of drug-likeness (QED) is 0.112. The first kappa shape index (κ1) is 34.8. The molecular formula is C39H31I2N3O4S. The minimum atomic E-state index is -0.761. The lowest BCUT2D eigenvalue weighted by molar-refractivity contribution is -0.138. The molecule has 0 radical (unpaired) electrons. The van der Waals surface area contributed by atoms with E-state index in [1.165, 1.54) is 11.3 Å². The number of ether oxygens (including phenoxy) is 2. The summed E-state index contributed by atoms with van der Waals surface area (Å²) in [5.41, 5.74) is 5.26. The molecule has 1 aromatic heterocycles. The minimum Gasteiger partial charge on any atom is -0.487 e. The number of nitriles is 1. The zero-order valence-corrected chi connectivity index (χ0v) is 32.1. The highest BCUT2D eigenvalue weighted by atomic mass is 127. The minimum absolute atomic E-state index is 0.181. The highest BCUT2D eigenvalue weighted by Crippen LogP contribution is 2.36. The van der Waals surface area contributed by atoms with Crippen LogP contribution in [0, 0.1) is 18.5 Å². The molecule has 0 aliphatic carbocycles. The molecule has 2 heterocycles. The van der Waals surface area contributed by atoms with Gasteiger partial charge in [-0.05, 0) is 93.4 Å². The first-order valence-corrected chi connectivity index (χ1v) is 18.7. The Morgan fingerprint density at radius 1 is 1.04 bits per heavy atom. The molecule has 7 nitrogen and oxygen atoms in total. The van der Waals surface area contributed by atoms with Gasteiger partial charge in [-0.3, -0.25) is 9.36 Å². The Hall–Kier alpha value is -4.06. The second-order valence-corrected chi connectivity index (χ2v) is 15.0. The van der Waals surface area contributed by atoms with Gasteiger partial charge in [0, 0.05) is 20.3 Å². The molecule has 0 N–H and O–H groups in total.